The average molecular weight is 372 g/mol. The van der Waals surface area contributed by atoms with Crippen LogP contribution in [0.1, 0.15) is 0 Å². The molecule has 140 valence electrons. The maximum atomic E-state index is 5.86. The largest absolute Gasteiger partial charge is 0.492 e. The highest BCUT2D eigenvalue weighted by Crippen LogP contribution is 2.22. The quantitative estimate of drug-likeness (QED) is 0.424. The van der Waals surface area contributed by atoms with Crippen molar-refractivity contribution >= 4 is 34.2 Å². The van der Waals surface area contributed by atoms with Gasteiger partial charge in [0.05, 0.1) is 12.1 Å². The molecule has 0 aliphatic rings. The fourth-order valence-corrected chi connectivity index (χ4v) is 2.79. The highest BCUT2D eigenvalue weighted by Gasteiger charge is 2.04. The normalized spacial score (nSPS) is 10.6. The van der Waals surface area contributed by atoms with Crippen LogP contribution in [0.4, 0.5) is 23.3 Å². The van der Waals surface area contributed by atoms with Crippen molar-refractivity contribution in [3.05, 3.63) is 72.9 Å². The minimum Gasteiger partial charge on any atom is -0.492 e. The van der Waals surface area contributed by atoms with Crippen LogP contribution in [-0.4, -0.2) is 28.1 Å². The van der Waals surface area contributed by atoms with Crippen molar-refractivity contribution in [3.63, 3.8) is 0 Å². The number of anilines is 4. The van der Waals surface area contributed by atoms with E-state index in [4.69, 9.17) is 10.5 Å². The van der Waals surface area contributed by atoms with Gasteiger partial charge in [0, 0.05) is 23.3 Å². The molecule has 7 nitrogen and oxygen atoms in total. The van der Waals surface area contributed by atoms with Gasteiger partial charge in [-0.3, -0.25) is 4.98 Å². The monoisotopic (exact) mass is 372 g/mol. The van der Waals surface area contributed by atoms with Crippen molar-refractivity contribution in [2.75, 3.05) is 29.5 Å². The number of para-hydroxylation sites is 1. The van der Waals surface area contributed by atoms with E-state index in [1.807, 2.05) is 66.7 Å². The first-order valence-electron chi connectivity index (χ1n) is 8.94. The number of nitrogens with two attached hydrogens (primary N) is 1. The molecule has 4 rings (SSSR count). The molecule has 4 N–H and O–H groups in total. The molecule has 0 radical (unpaired) electrons. The summed E-state index contributed by atoms with van der Waals surface area (Å²) in [6.07, 6.45) is 1.78. The Kier molecular flexibility index (Phi) is 5.15. The van der Waals surface area contributed by atoms with Crippen molar-refractivity contribution in [2.24, 2.45) is 0 Å². The summed E-state index contributed by atoms with van der Waals surface area (Å²) in [4.78, 5) is 12.8. The van der Waals surface area contributed by atoms with E-state index in [0.717, 1.165) is 22.3 Å². The van der Waals surface area contributed by atoms with Crippen molar-refractivity contribution in [2.45, 2.75) is 0 Å². The summed E-state index contributed by atoms with van der Waals surface area (Å²) in [5, 5.41) is 7.52. The lowest BCUT2D eigenvalue weighted by Gasteiger charge is -2.11. The van der Waals surface area contributed by atoms with Crippen LogP contribution < -0.4 is 21.1 Å². The first-order chi connectivity index (χ1) is 13.8. The van der Waals surface area contributed by atoms with E-state index < -0.39 is 0 Å². The van der Waals surface area contributed by atoms with Gasteiger partial charge in [-0.05, 0) is 36.4 Å². The number of aromatic nitrogens is 3. The predicted octanol–water partition coefficient (Wildman–Crippen LogP) is 3.84. The number of nitrogens with zero attached hydrogens (tertiary/aromatic N) is 3. The van der Waals surface area contributed by atoms with Crippen molar-refractivity contribution in [1.82, 2.24) is 15.0 Å². The Morgan fingerprint density at radius 2 is 1.75 bits per heavy atom. The Balaban J connectivity index is 1.40. The maximum absolute atomic E-state index is 5.86. The lowest BCUT2D eigenvalue weighted by atomic mass is 10.2. The molecule has 2 aromatic heterocycles. The molecule has 7 heteroatoms. The van der Waals surface area contributed by atoms with E-state index in [1.165, 1.54) is 0 Å². The van der Waals surface area contributed by atoms with Crippen LogP contribution in [0.15, 0.2) is 72.9 Å². The van der Waals surface area contributed by atoms with Crippen LogP contribution >= 0.6 is 0 Å². The fraction of sp³-hybridized carbons (Fsp3) is 0.0952. The summed E-state index contributed by atoms with van der Waals surface area (Å²) in [6, 6.07) is 21.3. The predicted molar refractivity (Wildman–Crippen MR) is 112 cm³/mol. The Bertz CT molecular complexity index is 1070. The summed E-state index contributed by atoms with van der Waals surface area (Å²) >= 11 is 0. The number of pyridine rings is 1. The van der Waals surface area contributed by atoms with Gasteiger partial charge in [0.15, 0.2) is 0 Å². The zero-order valence-electron chi connectivity index (χ0n) is 15.2. The van der Waals surface area contributed by atoms with Gasteiger partial charge in [-0.2, -0.15) is 9.97 Å². The number of fused-ring (bicyclic) bond motifs is 1. The Hall–Kier alpha value is -3.87. The molecule has 0 bridgehead atoms. The molecule has 0 fully saturated rings. The third-order valence-corrected chi connectivity index (χ3v) is 4.04. The van der Waals surface area contributed by atoms with Crippen LogP contribution in [0.2, 0.25) is 0 Å². The number of hydrogen-bond donors (Lipinski definition) is 3. The smallest absolute Gasteiger partial charge is 0.223 e. The van der Waals surface area contributed by atoms with Gasteiger partial charge in [0.25, 0.3) is 0 Å². The van der Waals surface area contributed by atoms with Gasteiger partial charge >= 0.3 is 0 Å². The highest BCUT2D eigenvalue weighted by atomic mass is 16.5. The van der Waals surface area contributed by atoms with Crippen LogP contribution in [0.5, 0.6) is 5.75 Å². The van der Waals surface area contributed by atoms with Gasteiger partial charge in [0.2, 0.25) is 5.95 Å². The van der Waals surface area contributed by atoms with Crippen molar-refractivity contribution < 1.29 is 4.74 Å². The standard InChI is InChI=1S/C21H20N6O/c22-21-26-19(24-11-12-28-17-6-2-1-3-7-17)14-20(27-21)25-16-8-9-18-15(13-16)5-4-10-23-18/h1-10,13-14H,11-12H2,(H4,22,24,25,26,27). The van der Waals surface area contributed by atoms with Gasteiger partial charge in [-0.1, -0.05) is 24.3 Å². The van der Waals surface area contributed by atoms with Crippen LogP contribution in [0.3, 0.4) is 0 Å². The Labute approximate surface area is 162 Å². The summed E-state index contributed by atoms with van der Waals surface area (Å²) in [5.41, 5.74) is 7.70. The second-order valence-electron chi connectivity index (χ2n) is 6.12. The Morgan fingerprint density at radius 3 is 2.64 bits per heavy atom. The van der Waals surface area contributed by atoms with Gasteiger partial charge in [0.1, 0.15) is 24.0 Å². The third kappa shape index (κ3) is 4.45. The molecule has 4 aromatic rings. The number of hydrogen-bond acceptors (Lipinski definition) is 7. The van der Waals surface area contributed by atoms with Gasteiger partial charge in [-0.15, -0.1) is 0 Å². The van der Waals surface area contributed by atoms with Gasteiger partial charge < -0.3 is 21.1 Å². The van der Waals surface area contributed by atoms with Crippen molar-refractivity contribution in [3.8, 4) is 5.75 Å². The number of benzene rings is 2. The minimum absolute atomic E-state index is 0.193. The molecular weight excluding hydrogens is 352 g/mol. The molecule has 2 heterocycles. The number of rotatable bonds is 7. The van der Waals surface area contributed by atoms with E-state index in [2.05, 4.69) is 25.6 Å². The van der Waals surface area contributed by atoms with E-state index in [-0.39, 0.29) is 5.95 Å². The molecular formula is C21H20N6O. The molecule has 0 saturated heterocycles. The average Bonchev–Trinajstić information content (AvgIpc) is 2.71. The molecule has 0 unspecified atom stereocenters. The number of nitrogens with one attached hydrogen (secondary N) is 2. The van der Waals surface area contributed by atoms with Crippen LogP contribution in [0.25, 0.3) is 10.9 Å². The van der Waals surface area contributed by atoms with Crippen molar-refractivity contribution in [1.29, 1.82) is 0 Å². The molecule has 0 spiro atoms. The first kappa shape index (κ1) is 17.5. The highest BCUT2D eigenvalue weighted by molar-refractivity contribution is 5.83. The molecule has 0 amide bonds. The molecule has 0 saturated carbocycles. The third-order valence-electron chi connectivity index (χ3n) is 4.04. The molecule has 2 aromatic carbocycles. The minimum atomic E-state index is 0.193. The van der Waals surface area contributed by atoms with E-state index in [9.17, 15) is 0 Å². The zero-order chi connectivity index (χ0) is 19.2. The molecule has 28 heavy (non-hydrogen) atoms. The van der Waals surface area contributed by atoms with E-state index in [1.54, 1.807) is 6.20 Å². The summed E-state index contributed by atoms with van der Waals surface area (Å²) in [6.45, 7) is 1.10. The zero-order valence-corrected chi connectivity index (χ0v) is 15.2. The van der Waals surface area contributed by atoms with Crippen LogP contribution in [0, 0.1) is 0 Å². The summed E-state index contributed by atoms with van der Waals surface area (Å²) in [5.74, 6) is 2.27. The van der Waals surface area contributed by atoms with E-state index >= 15 is 0 Å². The summed E-state index contributed by atoms with van der Waals surface area (Å²) < 4.78 is 5.67. The fourth-order valence-electron chi connectivity index (χ4n) is 2.79. The lowest BCUT2D eigenvalue weighted by molar-refractivity contribution is 0.333. The SMILES string of the molecule is Nc1nc(NCCOc2ccccc2)cc(Nc2ccc3ncccc3c2)n1. The second-order valence-corrected chi connectivity index (χ2v) is 6.12. The first-order valence-corrected chi connectivity index (χ1v) is 8.94. The van der Waals surface area contributed by atoms with Gasteiger partial charge in [-0.25, -0.2) is 0 Å². The molecule has 0 aliphatic carbocycles. The Morgan fingerprint density at radius 1 is 0.893 bits per heavy atom. The van der Waals surface area contributed by atoms with E-state index in [0.29, 0.717) is 24.8 Å². The molecule has 0 atom stereocenters. The summed E-state index contributed by atoms with van der Waals surface area (Å²) in [7, 11) is 0. The maximum Gasteiger partial charge on any atom is 0.223 e. The molecule has 0 aliphatic heterocycles. The van der Waals surface area contributed by atoms with Crippen LogP contribution in [-0.2, 0) is 0 Å². The lowest BCUT2D eigenvalue weighted by Crippen LogP contribution is -2.13. The topological polar surface area (TPSA) is 98.0 Å². The number of nitrogen functional groups attached to an aromatic ring is 1. The second kappa shape index (κ2) is 8.22. The number of ether oxygens (including phenoxy) is 1.